The molecule has 150 valence electrons. The van der Waals surface area contributed by atoms with E-state index in [4.69, 9.17) is 22.1 Å². The fourth-order valence-electron chi connectivity index (χ4n) is 3.05. The van der Waals surface area contributed by atoms with Crippen LogP contribution in [-0.4, -0.2) is 15.9 Å². The van der Waals surface area contributed by atoms with Gasteiger partial charge < -0.3 is 15.8 Å². The molecule has 3 N–H and O–H groups in total. The summed E-state index contributed by atoms with van der Waals surface area (Å²) in [7, 11) is 0. The summed E-state index contributed by atoms with van der Waals surface area (Å²) in [4.78, 5) is 21.0. The number of carbonyl (C=O) groups excluding carboxylic acids is 1. The van der Waals surface area contributed by atoms with E-state index in [0.717, 1.165) is 16.5 Å². The number of benzene rings is 2. The monoisotopic (exact) mass is 418 g/mol. The summed E-state index contributed by atoms with van der Waals surface area (Å²) in [6.45, 7) is 1.88. The van der Waals surface area contributed by atoms with Gasteiger partial charge in [-0.25, -0.2) is 4.98 Å². The highest BCUT2D eigenvalue weighted by atomic mass is 35.5. The molecule has 1 amide bonds. The number of rotatable bonds is 5. The van der Waals surface area contributed by atoms with Crippen LogP contribution < -0.4 is 15.8 Å². The number of anilines is 2. The number of carbonyl (C=O) groups is 1. The van der Waals surface area contributed by atoms with E-state index in [1.54, 1.807) is 12.3 Å². The lowest BCUT2D eigenvalue weighted by atomic mass is 10.1. The Balaban J connectivity index is 1.50. The van der Waals surface area contributed by atoms with Crippen molar-refractivity contribution in [2.75, 3.05) is 11.1 Å². The van der Waals surface area contributed by atoms with Gasteiger partial charge in [0.2, 0.25) is 0 Å². The van der Waals surface area contributed by atoms with E-state index >= 15 is 0 Å². The van der Waals surface area contributed by atoms with Crippen LogP contribution in [0, 0.1) is 0 Å². The number of nitrogen functional groups attached to an aromatic ring is 1. The Bertz CT molecular complexity index is 1230. The van der Waals surface area contributed by atoms with Crippen molar-refractivity contribution in [2.45, 2.75) is 13.0 Å². The summed E-state index contributed by atoms with van der Waals surface area (Å²) in [6.07, 6.45) is 2.71. The van der Waals surface area contributed by atoms with E-state index in [9.17, 15) is 4.79 Å². The molecule has 0 saturated carbocycles. The van der Waals surface area contributed by atoms with Gasteiger partial charge in [0, 0.05) is 29.5 Å². The highest BCUT2D eigenvalue weighted by Crippen LogP contribution is 2.29. The number of nitrogens with two attached hydrogens (primary N) is 1. The van der Waals surface area contributed by atoms with Gasteiger partial charge in [-0.15, -0.1) is 0 Å². The van der Waals surface area contributed by atoms with Gasteiger partial charge >= 0.3 is 0 Å². The van der Waals surface area contributed by atoms with E-state index in [2.05, 4.69) is 15.3 Å². The zero-order valence-electron chi connectivity index (χ0n) is 16.2. The number of fused-ring (bicyclic) bond motifs is 1. The molecule has 0 aliphatic rings. The number of hydrogen-bond donors (Lipinski definition) is 2. The van der Waals surface area contributed by atoms with Gasteiger partial charge in [-0.3, -0.25) is 9.78 Å². The molecule has 0 fully saturated rings. The molecule has 7 heteroatoms. The van der Waals surface area contributed by atoms with Crippen molar-refractivity contribution >= 4 is 39.9 Å². The van der Waals surface area contributed by atoms with Crippen molar-refractivity contribution in [2.24, 2.45) is 0 Å². The SMILES string of the molecule is CC(Oc1cc(Cl)cnc1N)c1cccc(NC(=O)c2cnc3ccccc3c2)c1. The Morgan fingerprint density at radius 2 is 1.90 bits per heavy atom. The number of halogens is 1. The molecule has 0 radical (unpaired) electrons. The summed E-state index contributed by atoms with van der Waals surface area (Å²) in [5.41, 5.74) is 8.71. The van der Waals surface area contributed by atoms with E-state index in [-0.39, 0.29) is 17.8 Å². The minimum atomic E-state index is -0.327. The molecule has 2 aromatic carbocycles. The number of hydrogen-bond acceptors (Lipinski definition) is 5. The van der Waals surface area contributed by atoms with E-state index in [1.807, 2.05) is 61.5 Å². The third-order valence-electron chi connectivity index (χ3n) is 4.62. The maximum absolute atomic E-state index is 12.7. The molecule has 1 unspecified atom stereocenters. The van der Waals surface area contributed by atoms with Crippen LogP contribution >= 0.6 is 11.6 Å². The number of para-hydroxylation sites is 1. The Labute approximate surface area is 178 Å². The van der Waals surface area contributed by atoms with Gasteiger partial charge in [0.15, 0.2) is 11.6 Å². The van der Waals surface area contributed by atoms with Crippen molar-refractivity contribution in [1.29, 1.82) is 0 Å². The minimum Gasteiger partial charge on any atom is -0.482 e. The molecule has 0 aliphatic carbocycles. The molecule has 2 aromatic heterocycles. The molecule has 4 aromatic rings. The molecule has 0 aliphatic heterocycles. The first-order chi connectivity index (χ1) is 14.5. The van der Waals surface area contributed by atoms with Crippen LogP contribution in [-0.2, 0) is 0 Å². The third-order valence-corrected chi connectivity index (χ3v) is 4.83. The molecule has 2 heterocycles. The van der Waals surface area contributed by atoms with Gasteiger partial charge in [0.05, 0.1) is 16.1 Å². The normalized spacial score (nSPS) is 11.8. The van der Waals surface area contributed by atoms with Gasteiger partial charge in [-0.1, -0.05) is 41.9 Å². The van der Waals surface area contributed by atoms with Gasteiger partial charge in [0.25, 0.3) is 5.91 Å². The average Bonchev–Trinajstić information content (AvgIpc) is 2.76. The minimum absolute atomic E-state index is 0.234. The third kappa shape index (κ3) is 4.34. The van der Waals surface area contributed by atoms with Crippen molar-refractivity contribution in [3.63, 3.8) is 0 Å². The van der Waals surface area contributed by atoms with Gasteiger partial charge in [0.1, 0.15) is 6.10 Å². The van der Waals surface area contributed by atoms with Crippen LogP contribution in [0.25, 0.3) is 10.9 Å². The first kappa shape index (κ1) is 19.7. The molecular weight excluding hydrogens is 400 g/mol. The quantitative estimate of drug-likeness (QED) is 0.461. The first-order valence-corrected chi connectivity index (χ1v) is 9.71. The Hall–Kier alpha value is -3.64. The van der Waals surface area contributed by atoms with Crippen molar-refractivity contribution in [1.82, 2.24) is 9.97 Å². The highest BCUT2D eigenvalue weighted by Gasteiger charge is 2.13. The fourth-order valence-corrected chi connectivity index (χ4v) is 3.20. The number of nitrogens with one attached hydrogen (secondary N) is 1. The van der Waals surface area contributed by atoms with Crippen LogP contribution in [0.4, 0.5) is 11.5 Å². The number of pyridine rings is 2. The largest absolute Gasteiger partial charge is 0.482 e. The smallest absolute Gasteiger partial charge is 0.257 e. The second-order valence-corrected chi connectivity index (χ2v) is 7.23. The average molecular weight is 419 g/mol. The lowest BCUT2D eigenvalue weighted by molar-refractivity contribution is 0.102. The summed E-state index contributed by atoms with van der Waals surface area (Å²) in [5, 5.41) is 4.26. The summed E-state index contributed by atoms with van der Waals surface area (Å²) >= 11 is 5.97. The fraction of sp³-hybridized carbons (Fsp3) is 0.0870. The van der Waals surface area contributed by atoms with Gasteiger partial charge in [-0.2, -0.15) is 0 Å². The Morgan fingerprint density at radius 3 is 2.77 bits per heavy atom. The van der Waals surface area contributed by atoms with Crippen molar-refractivity contribution < 1.29 is 9.53 Å². The van der Waals surface area contributed by atoms with Crippen LogP contribution in [0.15, 0.2) is 73.1 Å². The lowest BCUT2D eigenvalue weighted by Crippen LogP contribution is -2.13. The molecule has 30 heavy (non-hydrogen) atoms. The van der Waals surface area contributed by atoms with Crippen molar-refractivity contribution in [3.8, 4) is 5.75 Å². The zero-order valence-corrected chi connectivity index (χ0v) is 16.9. The van der Waals surface area contributed by atoms with Crippen LogP contribution in [0.2, 0.25) is 5.02 Å². The van der Waals surface area contributed by atoms with Crippen LogP contribution in [0.3, 0.4) is 0 Å². The summed E-state index contributed by atoms with van der Waals surface area (Å²) in [5.74, 6) is 0.438. The molecule has 0 spiro atoms. The standard InChI is InChI=1S/C23H19ClN4O2/c1-14(30-21-11-18(24)13-27-22(21)25)15-6-4-7-19(10-15)28-23(29)17-9-16-5-2-3-8-20(16)26-12-17/h2-14H,1H3,(H2,25,27)(H,28,29). The maximum atomic E-state index is 12.7. The van der Waals surface area contributed by atoms with Gasteiger partial charge in [-0.05, 0) is 36.8 Å². The maximum Gasteiger partial charge on any atom is 0.257 e. The van der Waals surface area contributed by atoms with E-state index < -0.39 is 0 Å². The molecule has 4 rings (SSSR count). The Kier molecular flexibility index (Phi) is 5.50. The summed E-state index contributed by atoms with van der Waals surface area (Å²) in [6, 6.07) is 18.5. The lowest BCUT2D eigenvalue weighted by Gasteiger charge is -2.17. The summed E-state index contributed by atoms with van der Waals surface area (Å²) < 4.78 is 5.91. The van der Waals surface area contributed by atoms with Crippen LogP contribution in [0.5, 0.6) is 5.75 Å². The number of nitrogens with zero attached hydrogens (tertiary/aromatic N) is 2. The molecular formula is C23H19ClN4O2. The number of ether oxygens (including phenoxy) is 1. The highest BCUT2D eigenvalue weighted by molar-refractivity contribution is 6.30. The van der Waals surface area contributed by atoms with E-state index in [1.165, 1.54) is 6.20 Å². The predicted molar refractivity (Wildman–Crippen MR) is 119 cm³/mol. The number of amides is 1. The molecule has 0 bridgehead atoms. The first-order valence-electron chi connectivity index (χ1n) is 9.33. The molecule has 1 atom stereocenters. The van der Waals surface area contributed by atoms with E-state index in [0.29, 0.717) is 22.0 Å². The topological polar surface area (TPSA) is 90.1 Å². The second-order valence-electron chi connectivity index (χ2n) is 6.79. The zero-order chi connectivity index (χ0) is 21.1. The molecule has 6 nitrogen and oxygen atoms in total. The second kappa shape index (κ2) is 8.39. The Morgan fingerprint density at radius 1 is 1.07 bits per heavy atom. The predicted octanol–water partition coefficient (Wildman–Crippen LogP) is 5.26. The van der Waals surface area contributed by atoms with Crippen LogP contribution in [0.1, 0.15) is 28.9 Å². The number of aromatic nitrogens is 2. The molecule has 0 saturated heterocycles. The van der Waals surface area contributed by atoms with Crippen molar-refractivity contribution in [3.05, 3.63) is 89.2 Å².